The number of benzene rings is 3. The van der Waals surface area contributed by atoms with E-state index < -0.39 is 34.1 Å². The first-order valence-electron chi connectivity index (χ1n) is 13.4. The number of anilines is 1. The summed E-state index contributed by atoms with van der Waals surface area (Å²) in [6, 6.07) is 21.9. The molecule has 3 aromatic carbocycles. The number of rotatable bonds is 10. The van der Waals surface area contributed by atoms with Crippen LogP contribution in [-0.4, -0.2) is 49.5 Å². The summed E-state index contributed by atoms with van der Waals surface area (Å²) in [6.07, 6.45) is 1.38. The van der Waals surface area contributed by atoms with Crippen molar-refractivity contribution in [1.82, 2.24) is 10.2 Å². The average Bonchev–Trinajstić information content (AvgIpc) is 2.85. The maximum absolute atomic E-state index is 14.3. The SMILES string of the molecule is Cc1ccccc1CN(C(=O)CN(c1c(C)cccc1C)S(C)(=O)=O)[C@H](Cc1ccccc1)C(=O)NC(C)(C)C. The van der Waals surface area contributed by atoms with Crippen molar-refractivity contribution < 1.29 is 18.0 Å². The van der Waals surface area contributed by atoms with E-state index in [0.717, 1.165) is 38.4 Å². The quantitative estimate of drug-likeness (QED) is 0.379. The van der Waals surface area contributed by atoms with E-state index in [1.165, 1.54) is 4.90 Å². The van der Waals surface area contributed by atoms with Crippen molar-refractivity contribution in [2.75, 3.05) is 17.1 Å². The van der Waals surface area contributed by atoms with E-state index >= 15 is 0 Å². The lowest BCUT2D eigenvalue weighted by molar-refractivity contribution is -0.140. The third-order valence-electron chi connectivity index (χ3n) is 6.74. The standard InChI is InChI=1S/C32H41N3O4S/c1-23-14-11-12-19-27(23)21-34(28(31(37)33-32(4,5)6)20-26-17-9-8-10-18-26)29(36)22-35(40(7,38)39)30-24(2)15-13-16-25(30)3/h8-19,28H,20-22H2,1-7H3,(H,33,37)/t28-/m1/s1. The van der Waals surface area contributed by atoms with E-state index in [2.05, 4.69) is 5.32 Å². The van der Waals surface area contributed by atoms with Gasteiger partial charge in [0.05, 0.1) is 11.9 Å². The molecule has 40 heavy (non-hydrogen) atoms. The molecule has 0 bridgehead atoms. The van der Waals surface area contributed by atoms with Crippen molar-refractivity contribution in [2.45, 2.75) is 66.1 Å². The summed E-state index contributed by atoms with van der Waals surface area (Å²) in [6.45, 7) is 11.0. The van der Waals surface area contributed by atoms with Crippen LogP contribution in [0.15, 0.2) is 72.8 Å². The van der Waals surface area contributed by atoms with Gasteiger partial charge in [0, 0.05) is 18.5 Å². The zero-order valence-corrected chi connectivity index (χ0v) is 25.4. The van der Waals surface area contributed by atoms with E-state index in [9.17, 15) is 18.0 Å². The van der Waals surface area contributed by atoms with Gasteiger partial charge in [-0.25, -0.2) is 8.42 Å². The molecule has 0 radical (unpaired) electrons. The van der Waals surface area contributed by atoms with Gasteiger partial charge in [0.2, 0.25) is 21.8 Å². The fourth-order valence-corrected chi connectivity index (χ4v) is 5.72. The number of hydrogen-bond acceptors (Lipinski definition) is 4. The highest BCUT2D eigenvalue weighted by molar-refractivity contribution is 7.92. The molecule has 0 saturated heterocycles. The molecule has 0 aliphatic heterocycles. The lowest BCUT2D eigenvalue weighted by Crippen LogP contribution is -2.56. The lowest BCUT2D eigenvalue weighted by atomic mass is 10.00. The molecule has 0 spiro atoms. The van der Waals surface area contributed by atoms with Crippen molar-refractivity contribution >= 4 is 27.5 Å². The molecule has 3 aromatic rings. The number of amides is 2. The number of nitrogens with one attached hydrogen (secondary N) is 1. The van der Waals surface area contributed by atoms with Crippen molar-refractivity contribution in [3.8, 4) is 0 Å². The van der Waals surface area contributed by atoms with Crippen LogP contribution in [0.4, 0.5) is 5.69 Å². The van der Waals surface area contributed by atoms with Crippen molar-refractivity contribution in [3.05, 3.63) is 101 Å². The van der Waals surface area contributed by atoms with Gasteiger partial charge in [0.1, 0.15) is 12.6 Å². The first kappa shape index (κ1) is 30.9. The maximum Gasteiger partial charge on any atom is 0.244 e. The second-order valence-electron chi connectivity index (χ2n) is 11.4. The summed E-state index contributed by atoms with van der Waals surface area (Å²) >= 11 is 0. The molecule has 8 heteroatoms. The monoisotopic (exact) mass is 563 g/mol. The Kier molecular flexibility index (Phi) is 9.79. The molecular weight excluding hydrogens is 522 g/mol. The van der Waals surface area contributed by atoms with Crippen molar-refractivity contribution in [1.29, 1.82) is 0 Å². The molecule has 1 N–H and O–H groups in total. The Morgan fingerprint density at radius 1 is 0.825 bits per heavy atom. The molecule has 0 aliphatic rings. The van der Waals surface area contributed by atoms with Crippen molar-refractivity contribution in [3.63, 3.8) is 0 Å². The first-order chi connectivity index (χ1) is 18.7. The third-order valence-corrected chi connectivity index (χ3v) is 7.85. The average molecular weight is 564 g/mol. The van der Waals surface area contributed by atoms with Gasteiger partial charge in [0.25, 0.3) is 0 Å². The molecule has 0 heterocycles. The molecule has 0 saturated carbocycles. The van der Waals surface area contributed by atoms with Crippen LogP contribution in [0.5, 0.6) is 0 Å². The number of sulfonamides is 1. The molecule has 0 unspecified atom stereocenters. The third kappa shape index (κ3) is 8.18. The summed E-state index contributed by atoms with van der Waals surface area (Å²) in [7, 11) is -3.82. The zero-order valence-electron chi connectivity index (χ0n) is 24.6. The van der Waals surface area contributed by atoms with Gasteiger partial charge < -0.3 is 10.2 Å². The molecule has 7 nitrogen and oxygen atoms in total. The van der Waals surface area contributed by atoms with E-state index in [1.807, 2.05) is 114 Å². The van der Waals surface area contributed by atoms with E-state index in [1.54, 1.807) is 0 Å². The molecule has 3 rings (SSSR count). The van der Waals surface area contributed by atoms with Crippen molar-refractivity contribution in [2.24, 2.45) is 0 Å². The number of carbonyl (C=O) groups excluding carboxylic acids is 2. The summed E-state index contributed by atoms with van der Waals surface area (Å²) < 4.78 is 27.3. The van der Waals surface area contributed by atoms with Gasteiger partial charge in [-0.1, -0.05) is 72.8 Å². The van der Waals surface area contributed by atoms with Gasteiger partial charge in [-0.05, 0) is 69.4 Å². The van der Waals surface area contributed by atoms with E-state index in [-0.39, 0.29) is 18.9 Å². The van der Waals surface area contributed by atoms with Crippen LogP contribution in [0.25, 0.3) is 0 Å². The number of aryl methyl sites for hydroxylation is 3. The first-order valence-corrected chi connectivity index (χ1v) is 15.3. The minimum absolute atomic E-state index is 0.158. The molecule has 0 fully saturated rings. The molecular formula is C32H41N3O4S. The minimum atomic E-state index is -3.82. The molecule has 2 amide bonds. The Morgan fingerprint density at radius 2 is 1.38 bits per heavy atom. The maximum atomic E-state index is 14.3. The fourth-order valence-electron chi connectivity index (χ4n) is 4.75. The highest BCUT2D eigenvalue weighted by Gasteiger charge is 2.35. The number of nitrogens with zero attached hydrogens (tertiary/aromatic N) is 2. The van der Waals surface area contributed by atoms with Gasteiger partial charge in [0.15, 0.2) is 0 Å². The Bertz CT molecular complexity index is 1430. The van der Waals surface area contributed by atoms with E-state index in [4.69, 9.17) is 0 Å². The number of carbonyl (C=O) groups is 2. The Labute approximate surface area is 239 Å². The Hall–Kier alpha value is -3.65. The van der Waals surface area contributed by atoms with Crippen LogP contribution in [0.3, 0.4) is 0 Å². The second-order valence-corrected chi connectivity index (χ2v) is 13.3. The van der Waals surface area contributed by atoms with Crippen LogP contribution in [0, 0.1) is 20.8 Å². The Morgan fingerprint density at radius 3 is 1.93 bits per heavy atom. The van der Waals surface area contributed by atoms with Crippen LogP contribution in [0.2, 0.25) is 0 Å². The van der Waals surface area contributed by atoms with Crippen LogP contribution in [-0.2, 0) is 32.6 Å². The zero-order chi connectivity index (χ0) is 29.7. The lowest BCUT2D eigenvalue weighted by Gasteiger charge is -2.35. The van der Waals surface area contributed by atoms with Crippen LogP contribution >= 0.6 is 0 Å². The summed E-state index contributed by atoms with van der Waals surface area (Å²) in [5, 5.41) is 3.04. The van der Waals surface area contributed by atoms with Gasteiger partial charge in [-0.2, -0.15) is 0 Å². The van der Waals surface area contributed by atoms with Gasteiger partial charge >= 0.3 is 0 Å². The fraction of sp³-hybridized carbons (Fsp3) is 0.375. The van der Waals surface area contributed by atoms with Crippen LogP contribution in [0.1, 0.15) is 48.6 Å². The predicted molar refractivity (Wildman–Crippen MR) is 162 cm³/mol. The van der Waals surface area contributed by atoms with E-state index in [0.29, 0.717) is 5.69 Å². The highest BCUT2D eigenvalue weighted by Crippen LogP contribution is 2.27. The topological polar surface area (TPSA) is 86.8 Å². The molecule has 1 atom stereocenters. The summed E-state index contributed by atoms with van der Waals surface area (Å²) in [4.78, 5) is 29.6. The summed E-state index contributed by atoms with van der Waals surface area (Å²) in [5.41, 5.74) is 4.20. The largest absolute Gasteiger partial charge is 0.350 e. The highest BCUT2D eigenvalue weighted by atomic mass is 32.2. The Balaban J connectivity index is 2.12. The molecule has 0 aliphatic carbocycles. The minimum Gasteiger partial charge on any atom is -0.350 e. The normalized spacial score (nSPS) is 12.5. The molecule has 0 aromatic heterocycles. The number of para-hydroxylation sites is 1. The second kappa shape index (κ2) is 12.7. The summed E-state index contributed by atoms with van der Waals surface area (Å²) in [5.74, 6) is -0.752. The number of hydrogen-bond donors (Lipinski definition) is 1. The van der Waals surface area contributed by atoms with Crippen LogP contribution < -0.4 is 9.62 Å². The smallest absolute Gasteiger partial charge is 0.244 e. The van der Waals surface area contributed by atoms with Gasteiger partial charge in [-0.15, -0.1) is 0 Å². The predicted octanol–water partition coefficient (Wildman–Crippen LogP) is 4.93. The molecule has 214 valence electrons. The van der Waals surface area contributed by atoms with Gasteiger partial charge in [-0.3, -0.25) is 13.9 Å².